The zero-order valence-corrected chi connectivity index (χ0v) is 20.0. The number of nitrogens with zero attached hydrogens (tertiary/aromatic N) is 2. The van der Waals surface area contributed by atoms with E-state index in [9.17, 15) is 21.6 Å². The van der Waals surface area contributed by atoms with Crippen LogP contribution < -0.4 is 10.0 Å². The topological polar surface area (TPSA) is 112 Å². The summed E-state index contributed by atoms with van der Waals surface area (Å²) in [6.45, 7) is 1.68. The van der Waals surface area contributed by atoms with Gasteiger partial charge in [-0.1, -0.05) is 24.3 Å². The number of halogens is 3. The minimum Gasteiger partial charge on any atom is -0.483 e. The van der Waals surface area contributed by atoms with Crippen molar-refractivity contribution >= 4 is 39.3 Å². The maximum Gasteiger partial charge on any atom is 0.290 e. The minimum atomic E-state index is -4.47. The Hall–Kier alpha value is -3.16. The molecule has 3 aromatic rings. The van der Waals surface area contributed by atoms with Crippen LogP contribution in [0.2, 0.25) is 0 Å². The molecule has 0 radical (unpaired) electrons. The number of likely N-dealkylation sites (tertiary alicyclic amines) is 1. The van der Waals surface area contributed by atoms with Crippen molar-refractivity contribution in [1.29, 1.82) is 0 Å². The van der Waals surface area contributed by atoms with Gasteiger partial charge in [-0.25, -0.2) is 26.6 Å². The van der Waals surface area contributed by atoms with Gasteiger partial charge in [0.05, 0.1) is 5.51 Å². The minimum absolute atomic E-state index is 0.00660. The molecule has 0 aliphatic carbocycles. The molecular formula is C22H23F3N4O4S2. The molecule has 13 heteroatoms. The van der Waals surface area contributed by atoms with Crippen molar-refractivity contribution in [3.63, 3.8) is 0 Å². The Morgan fingerprint density at radius 2 is 1.80 bits per heavy atom. The van der Waals surface area contributed by atoms with Gasteiger partial charge in [0, 0.05) is 37.2 Å². The SMILES string of the molecule is O=CO.O=S(=O)(Nc1cscn1)c1c(F)cc(NCc2ccccc2CCN2CC(F)C2)cc1F. The lowest BCUT2D eigenvalue weighted by atomic mass is 10.0. The van der Waals surface area contributed by atoms with E-state index in [0.717, 1.165) is 47.6 Å². The van der Waals surface area contributed by atoms with E-state index in [1.54, 1.807) is 0 Å². The van der Waals surface area contributed by atoms with Crippen molar-refractivity contribution < 1.29 is 31.5 Å². The molecule has 0 atom stereocenters. The zero-order chi connectivity index (χ0) is 25.4. The average molecular weight is 529 g/mol. The summed E-state index contributed by atoms with van der Waals surface area (Å²) < 4.78 is 69.0. The lowest BCUT2D eigenvalue weighted by molar-refractivity contribution is -0.122. The molecule has 3 N–H and O–H groups in total. The highest BCUT2D eigenvalue weighted by atomic mass is 32.2. The van der Waals surface area contributed by atoms with Crippen LogP contribution in [0, 0.1) is 11.6 Å². The summed E-state index contributed by atoms with van der Waals surface area (Å²) in [6, 6.07) is 9.53. The molecule has 1 aromatic heterocycles. The second-order valence-corrected chi connectivity index (χ2v) is 9.92. The predicted molar refractivity (Wildman–Crippen MR) is 127 cm³/mol. The molecule has 0 spiro atoms. The number of alkyl halides is 1. The number of aromatic nitrogens is 1. The van der Waals surface area contributed by atoms with Crippen molar-refractivity contribution in [2.24, 2.45) is 0 Å². The highest BCUT2D eigenvalue weighted by Crippen LogP contribution is 2.26. The molecule has 188 valence electrons. The summed E-state index contributed by atoms with van der Waals surface area (Å²) in [6.07, 6.45) is -0.0209. The Bertz CT molecular complexity index is 1210. The van der Waals surface area contributed by atoms with Crippen LogP contribution >= 0.6 is 11.3 Å². The number of carboxylic acid groups (broad SMARTS) is 1. The number of sulfonamides is 1. The molecule has 35 heavy (non-hydrogen) atoms. The number of nitrogens with one attached hydrogen (secondary N) is 2. The molecule has 1 fully saturated rings. The largest absolute Gasteiger partial charge is 0.483 e. The van der Waals surface area contributed by atoms with Crippen molar-refractivity contribution in [1.82, 2.24) is 9.88 Å². The van der Waals surface area contributed by atoms with E-state index in [2.05, 4.69) is 15.0 Å². The first-order chi connectivity index (χ1) is 16.7. The van der Waals surface area contributed by atoms with Crippen LogP contribution in [-0.4, -0.2) is 55.7 Å². The van der Waals surface area contributed by atoms with Gasteiger partial charge in [0.15, 0.2) is 10.7 Å². The standard InChI is InChI=1S/C21H21F3N4O2S2.CH2O2/c22-16-10-28(11-16)6-5-14-3-1-2-4-15(14)9-25-17-7-18(23)21(19(24)8-17)32(29,30)27-20-12-31-13-26-20;2-1-3/h1-4,7-8,12-13,16,25,27H,5-6,9-11H2;1H,(H,2,3). The van der Waals surface area contributed by atoms with E-state index in [0.29, 0.717) is 19.6 Å². The predicted octanol–water partition coefficient (Wildman–Crippen LogP) is 3.73. The fraction of sp³-hybridized carbons (Fsp3) is 0.273. The third-order valence-corrected chi connectivity index (χ3v) is 7.14. The van der Waals surface area contributed by atoms with Gasteiger partial charge in [0.2, 0.25) is 0 Å². The maximum atomic E-state index is 14.6. The Balaban J connectivity index is 0.00000108. The van der Waals surface area contributed by atoms with E-state index >= 15 is 0 Å². The average Bonchev–Trinajstić information content (AvgIpc) is 3.27. The van der Waals surface area contributed by atoms with E-state index in [1.807, 2.05) is 29.2 Å². The second-order valence-electron chi connectivity index (χ2n) is 7.58. The molecular weight excluding hydrogens is 505 g/mol. The van der Waals surface area contributed by atoms with Crippen LogP contribution in [0.3, 0.4) is 0 Å². The van der Waals surface area contributed by atoms with Gasteiger partial charge in [-0.05, 0) is 29.7 Å². The molecule has 2 aromatic carbocycles. The number of hydrogen-bond donors (Lipinski definition) is 3. The normalized spacial score (nSPS) is 13.9. The number of carbonyl (C=O) groups is 1. The van der Waals surface area contributed by atoms with Crippen LogP contribution in [0.5, 0.6) is 0 Å². The van der Waals surface area contributed by atoms with Gasteiger partial charge in [0.1, 0.15) is 17.8 Å². The Morgan fingerprint density at radius 3 is 2.37 bits per heavy atom. The first kappa shape index (κ1) is 26.4. The summed E-state index contributed by atoms with van der Waals surface area (Å²) in [5.41, 5.74) is 3.50. The molecule has 1 aliphatic heterocycles. The molecule has 0 unspecified atom stereocenters. The maximum absolute atomic E-state index is 14.6. The highest BCUT2D eigenvalue weighted by molar-refractivity contribution is 7.92. The van der Waals surface area contributed by atoms with Crippen molar-refractivity contribution in [3.05, 3.63) is 70.1 Å². The number of thiazole rings is 1. The molecule has 2 heterocycles. The van der Waals surface area contributed by atoms with Crippen LogP contribution in [0.25, 0.3) is 0 Å². The number of benzene rings is 2. The molecule has 1 aliphatic rings. The van der Waals surface area contributed by atoms with Gasteiger partial charge in [-0.2, -0.15) is 0 Å². The van der Waals surface area contributed by atoms with Crippen molar-refractivity contribution in [3.8, 4) is 0 Å². The second kappa shape index (κ2) is 12.0. The number of rotatable bonds is 9. The van der Waals surface area contributed by atoms with Gasteiger partial charge >= 0.3 is 0 Å². The quantitative estimate of drug-likeness (QED) is 0.363. The molecule has 0 bridgehead atoms. The smallest absolute Gasteiger partial charge is 0.290 e. The summed E-state index contributed by atoms with van der Waals surface area (Å²) in [5.74, 6) is -2.42. The Morgan fingerprint density at radius 1 is 1.17 bits per heavy atom. The first-order valence-electron chi connectivity index (χ1n) is 10.4. The molecule has 0 amide bonds. The molecule has 8 nitrogen and oxygen atoms in total. The summed E-state index contributed by atoms with van der Waals surface area (Å²) in [5, 5.41) is 11.3. The Labute approximate surface area is 204 Å². The summed E-state index contributed by atoms with van der Waals surface area (Å²) in [7, 11) is -4.47. The number of hydrogen-bond acceptors (Lipinski definition) is 7. The first-order valence-corrected chi connectivity index (χ1v) is 12.8. The van der Waals surface area contributed by atoms with Crippen LogP contribution in [0.4, 0.5) is 24.7 Å². The summed E-state index contributed by atoms with van der Waals surface area (Å²) in [4.78, 5) is 13.1. The van der Waals surface area contributed by atoms with E-state index < -0.39 is 32.7 Å². The third kappa shape index (κ3) is 7.16. The number of anilines is 2. The van der Waals surface area contributed by atoms with Crippen LogP contribution in [0.1, 0.15) is 11.1 Å². The van der Waals surface area contributed by atoms with Gasteiger partial charge in [-0.15, -0.1) is 11.3 Å². The van der Waals surface area contributed by atoms with E-state index in [4.69, 9.17) is 9.90 Å². The zero-order valence-electron chi connectivity index (χ0n) is 18.3. The fourth-order valence-electron chi connectivity index (χ4n) is 3.51. The molecule has 1 saturated heterocycles. The van der Waals surface area contributed by atoms with Gasteiger partial charge in [-0.3, -0.25) is 14.4 Å². The molecule has 0 saturated carbocycles. The monoisotopic (exact) mass is 528 g/mol. The van der Waals surface area contributed by atoms with Gasteiger partial charge in [0.25, 0.3) is 16.5 Å². The van der Waals surface area contributed by atoms with Crippen LogP contribution in [0.15, 0.2) is 52.2 Å². The van der Waals surface area contributed by atoms with E-state index in [1.165, 1.54) is 10.9 Å². The highest BCUT2D eigenvalue weighted by Gasteiger charge is 2.26. The van der Waals surface area contributed by atoms with Crippen molar-refractivity contribution in [2.45, 2.75) is 24.0 Å². The Kier molecular flexibility index (Phi) is 9.07. The lowest BCUT2D eigenvalue weighted by Crippen LogP contribution is -2.48. The van der Waals surface area contributed by atoms with E-state index in [-0.39, 0.29) is 18.0 Å². The fourth-order valence-corrected chi connectivity index (χ4v) is 5.19. The summed E-state index contributed by atoms with van der Waals surface area (Å²) >= 11 is 1.15. The third-order valence-electron chi connectivity index (χ3n) is 5.15. The van der Waals surface area contributed by atoms with Crippen LogP contribution in [-0.2, 0) is 27.8 Å². The van der Waals surface area contributed by atoms with Gasteiger partial charge < -0.3 is 10.4 Å². The molecule has 4 rings (SSSR count). The lowest BCUT2D eigenvalue weighted by Gasteiger charge is -2.34. The van der Waals surface area contributed by atoms with Crippen molar-refractivity contribution in [2.75, 3.05) is 29.7 Å².